The van der Waals surface area contributed by atoms with Crippen LogP contribution in [0.5, 0.6) is 0 Å². The largest absolute Gasteiger partial charge is 0.517 e. The van der Waals surface area contributed by atoms with Gasteiger partial charge >= 0.3 is 8.80 Å². The van der Waals surface area contributed by atoms with Gasteiger partial charge in [0, 0.05) is 34.1 Å². The van der Waals surface area contributed by atoms with Crippen LogP contribution in [0.1, 0.15) is 40.5 Å². The Bertz CT molecular complexity index is 231. The fourth-order valence-corrected chi connectivity index (χ4v) is 9.23. The second-order valence-electron chi connectivity index (χ2n) is 5.28. The van der Waals surface area contributed by atoms with Crippen LogP contribution in [0.15, 0.2) is 0 Å². The summed E-state index contributed by atoms with van der Waals surface area (Å²) in [6.07, 6.45) is 1.94. The van der Waals surface area contributed by atoms with Crippen LogP contribution in [0.4, 0.5) is 0 Å². The van der Waals surface area contributed by atoms with E-state index < -0.39 is 17.1 Å². The third-order valence-corrected chi connectivity index (χ3v) is 12.9. The fraction of sp³-hybridized carbons (Fsp3) is 1.00. The molecule has 0 aliphatic heterocycles. The molecule has 0 amide bonds. The Morgan fingerprint density at radius 3 is 1.38 bits per heavy atom. The second kappa shape index (κ2) is 10.1. The van der Waals surface area contributed by atoms with Gasteiger partial charge in [-0.05, 0) is 24.9 Å². The second-order valence-corrected chi connectivity index (χ2v) is 13.1. The van der Waals surface area contributed by atoms with E-state index in [4.69, 9.17) is 17.7 Å². The zero-order valence-electron chi connectivity index (χ0n) is 15.1. The Balaban J connectivity index is 5.32. The molecule has 0 bridgehead atoms. The van der Waals surface area contributed by atoms with E-state index >= 15 is 0 Å². The highest BCUT2D eigenvalue weighted by Crippen LogP contribution is 2.25. The molecule has 0 aromatic rings. The van der Waals surface area contributed by atoms with Gasteiger partial charge in [-0.3, -0.25) is 0 Å². The lowest BCUT2D eigenvalue weighted by Crippen LogP contribution is -2.66. The molecule has 0 aromatic carbocycles. The van der Waals surface area contributed by atoms with Crippen molar-refractivity contribution in [1.29, 1.82) is 0 Å². The van der Waals surface area contributed by atoms with Crippen molar-refractivity contribution < 1.29 is 17.7 Å². The molecule has 0 aliphatic carbocycles. The molecule has 0 fully saturated rings. The maximum Gasteiger partial charge on any atom is 0.517 e. The molecule has 7 heteroatoms. The summed E-state index contributed by atoms with van der Waals surface area (Å²) in [6.45, 7) is 8.82. The van der Waals surface area contributed by atoms with E-state index in [-0.39, 0.29) is 5.67 Å². The third kappa shape index (κ3) is 4.60. The molecule has 2 atom stereocenters. The Hall–Kier alpha value is 0.234. The van der Waals surface area contributed by atoms with E-state index in [1.54, 1.807) is 21.3 Å². The van der Waals surface area contributed by atoms with Crippen LogP contribution in [0.3, 0.4) is 0 Å². The first kappa shape index (κ1) is 21.2. The first-order valence-electron chi connectivity index (χ1n) is 7.96. The zero-order chi connectivity index (χ0) is 16.5. The van der Waals surface area contributed by atoms with Crippen LogP contribution >= 0.6 is 0 Å². The molecule has 0 aromatic heterocycles. The van der Waals surface area contributed by atoms with Crippen molar-refractivity contribution in [2.24, 2.45) is 0 Å². The van der Waals surface area contributed by atoms with Gasteiger partial charge < -0.3 is 23.0 Å². The van der Waals surface area contributed by atoms with Crippen LogP contribution in [0.2, 0.25) is 12.1 Å². The maximum absolute atomic E-state index is 6.02. The van der Waals surface area contributed by atoms with Gasteiger partial charge in [0.05, 0.1) is 5.67 Å². The Labute approximate surface area is 133 Å². The average Bonchev–Trinajstić information content (AvgIpc) is 2.55. The van der Waals surface area contributed by atoms with Crippen molar-refractivity contribution in [3.63, 3.8) is 0 Å². The van der Waals surface area contributed by atoms with Crippen molar-refractivity contribution in [1.82, 2.24) is 5.32 Å². The van der Waals surface area contributed by atoms with Gasteiger partial charge in [-0.25, -0.2) is 0 Å². The van der Waals surface area contributed by atoms with Gasteiger partial charge in [-0.2, -0.15) is 0 Å². The summed E-state index contributed by atoms with van der Waals surface area (Å²) < 4.78 is 23.0. The highest BCUT2D eigenvalue weighted by Gasteiger charge is 2.49. The standard InChI is InChI=1S/C14H35NO4Si2/c1-9-13(20(11-3,12-4)16-5)15-14(10-2)21(17-6,18-7)19-8/h13-15H,9-12H2,1-8H3. The number of rotatable bonds is 12. The Kier molecular flexibility index (Phi) is 10.2. The highest BCUT2D eigenvalue weighted by molar-refractivity contribution is 6.75. The predicted molar refractivity (Wildman–Crippen MR) is 91.8 cm³/mol. The summed E-state index contributed by atoms with van der Waals surface area (Å²) in [4.78, 5) is 0. The third-order valence-electron chi connectivity index (χ3n) is 4.74. The molecule has 1 N–H and O–H groups in total. The first-order chi connectivity index (χ1) is 9.99. The number of hydrogen-bond donors (Lipinski definition) is 1. The summed E-state index contributed by atoms with van der Waals surface area (Å²) in [6, 6.07) is 2.20. The smallest absolute Gasteiger partial charge is 0.418 e. The predicted octanol–water partition coefficient (Wildman–Crippen LogP) is 2.72. The van der Waals surface area contributed by atoms with Crippen molar-refractivity contribution in [2.45, 2.75) is 64.0 Å². The highest BCUT2D eigenvalue weighted by atomic mass is 28.4. The average molecular weight is 338 g/mol. The Morgan fingerprint density at radius 2 is 1.14 bits per heavy atom. The maximum atomic E-state index is 6.02. The van der Waals surface area contributed by atoms with Gasteiger partial charge in [0.2, 0.25) is 8.32 Å². The van der Waals surface area contributed by atoms with Crippen molar-refractivity contribution in [3.05, 3.63) is 0 Å². The van der Waals surface area contributed by atoms with E-state index in [0.717, 1.165) is 24.9 Å². The quantitative estimate of drug-likeness (QED) is 0.555. The minimum atomic E-state index is -2.69. The molecular weight excluding hydrogens is 302 g/mol. The number of nitrogens with one attached hydrogen (secondary N) is 1. The summed E-state index contributed by atoms with van der Waals surface area (Å²) in [7, 11) is 2.39. The molecular formula is C14H35NO4Si2. The van der Waals surface area contributed by atoms with Gasteiger partial charge in [0.1, 0.15) is 0 Å². The molecule has 0 aliphatic rings. The molecule has 0 spiro atoms. The number of hydrogen-bond acceptors (Lipinski definition) is 5. The van der Waals surface area contributed by atoms with Crippen LogP contribution in [0, 0.1) is 0 Å². The molecule has 0 rings (SSSR count). The van der Waals surface area contributed by atoms with Crippen molar-refractivity contribution in [2.75, 3.05) is 28.4 Å². The minimum Gasteiger partial charge on any atom is -0.418 e. The topological polar surface area (TPSA) is 49.0 Å². The molecule has 0 radical (unpaired) electrons. The van der Waals surface area contributed by atoms with Gasteiger partial charge in [-0.15, -0.1) is 0 Å². The van der Waals surface area contributed by atoms with E-state index in [1.165, 1.54) is 0 Å². The van der Waals surface area contributed by atoms with E-state index in [0.29, 0.717) is 5.67 Å². The normalized spacial score (nSPS) is 16.0. The zero-order valence-corrected chi connectivity index (χ0v) is 17.1. The summed E-state index contributed by atoms with van der Waals surface area (Å²) in [5.41, 5.74) is 0.456. The minimum absolute atomic E-state index is 0.0857. The van der Waals surface area contributed by atoms with Crippen molar-refractivity contribution >= 4 is 17.1 Å². The lowest BCUT2D eigenvalue weighted by Gasteiger charge is -2.41. The molecule has 0 saturated heterocycles. The van der Waals surface area contributed by atoms with E-state index in [1.807, 2.05) is 7.11 Å². The van der Waals surface area contributed by atoms with Gasteiger partial charge in [-0.1, -0.05) is 27.7 Å². The SMILES string of the molecule is CCC(NC(CC)[Si](OC)(OC)OC)[Si](CC)(CC)OC. The lowest BCUT2D eigenvalue weighted by molar-refractivity contribution is 0.105. The van der Waals surface area contributed by atoms with Gasteiger partial charge in [0.25, 0.3) is 0 Å². The summed E-state index contributed by atoms with van der Waals surface area (Å²) >= 11 is 0. The summed E-state index contributed by atoms with van der Waals surface area (Å²) in [5.74, 6) is 0. The fourth-order valence-electron chi connectivity index (χ4n) is 3.21. The van der Waals surface area contributed by atoms with E-state index in [9.17, 15) is 0 Å². The monoisotopic (exact) mass is 337 g/mol. The molecule has 0 saturated carbocycles. The summed E-state index contributed by atoms with van der Waals surface area (Å²) in [5, 5.41) is 3.76. The van der Waals surface area contributed by atoms with E-state index in [2.05, 4.69) is 33.0 Å². The van der Waals surface area contributed by atoms with Crippen LogP contribution in [-0.4, -0.2) is 56.9 Å². The van der Waals surface area contributed by atoms with Gasteiger partial charge in [0.15, 0.2) is 0 Å². The van der Waals surface area contributed by atoms with Crippen LogP contribution in [-0.2, 0) is 17.7 Å². The van der Waals surface area contributed by atoms with Crippen molar-refractivity contribution in [3.8, 4) is 0 Å². The molecule has 21 heavy (non-hydrogen) atoms. The van der Waals surface area contributed by atoms with Crippen LogP contribution in [0.25, 0.3) is 0 Å². The molecule has 2 unspecified atom stereocenters. The molecule has 128 valence electrons. The molecule has 0 heterocycles. The molecule has 5 nitrogen and oxygen atoms in total. The first-order valence-corrected chi connectivity index (χ1v) is 12.2. The Morgan fingerprint density at radius 1 is 0.714 bits per heavy atom. The lowest BCUT2D eigenvalue weighted by atomic mass is 10.4. The van der Waals surface area contributed by atoms with Crippen LogP contribution < -0.4 is 5.32 Å².